The first-order valence-corrected chi connectivity index (χ1v) is 12.4. The fourth-order valence-corrected chi connectivity index (χ4v) is 4.30. The Bertz CT molecular complexity index is 1030. The first-order chi connectivity index (χ1) is 17.0. The number of carbonyl (C=O) groups is 2. The van der Waals surface area contributed by atoms with Crippen LogP contribution in [0.25, 0.3) is 0 Å². The highest BCUT2D eigenvalue weighted by atomic mass is 16.5. The van der Waals surface area contributed by atoms with Crippen molar-refractivity contribution in [2.75, 3.05) is 39.4 Å². The van der Waals surface area contributed by atoms with Gasteiger partial charge in [-0.3, -0.25) is 9.59 Å². The van der Waals surface area contributed by atoms with E-state index in [1.165, 1.54) is 12.3 Å². The minimum atomic E-state index is -0.767. The number of hydrogen-bond donors (Lipinski definition) is 1. The lowest BCUT2D eigenvalue weighted by Gasteiger charge is -2.28. The fraction of sp³-hybridized carbons (Fsp3) is 0.481. The molecule has 3 rings (SSSR count). The van der Waals surface area contributed by atoms with E-state index in [-0.39, 0.29) is 11.3 Å². The van der Waals surface area contributed by atoms with Gasteiger partial charge in [0.2, 0.25) is 5.78 Å². The molecule has 8 heteroatoms. The van der Waals surface area contributed by atoms with E-state index in [0.717, 1.165) is 26.1 Å². The van der Waals surface area contributed by atoms with Gasteiger partial charge >= 0.3 is 0 Å². The lowest BCUT2D eigenvalue weighted by atomic mass is 9.94. The van der Waals surface area contributed by atoms with Crippen molar-refractivity contribution in [3.05, 3.63) is 59.3 Å². The van der Waals surface area contributed by atoms with E-state index in [1.807, 2.05) is 19.9 Å². The van der Waals surface area contributed by atoms with Crippen LogP contribution in [-0.2, 0) is 4.79 Å². The SMILES string of the molecule is CCCOc1ccc(C2C(C(=O)c3ccco3)=C(O)C(=O)N2CCCN(CC)CC)cc1OCC. The lowest BCUT2D eigenvalue weighted by Crippen LogP contribution is -2.34. The first kappa shape index (κ1) is 26.3. The third kappa shape index (κ3) is 5.88. The standard InChI is InChI=1S/C27H36N2O6/c1-5-16-34-20-13-12-19(18-22(20)33-8-4)24-23(25(30)21-11-9-17-35-21)26(31)27(32)29(24)15-10-14-28(6-2)7-3/h9,11-13,17-18,24,31H,5-8,10,14-16H2,1-4H3. The summed E-state index contributed by atoms with van der Waals surface area (Å²) in [5.41, 5.74) is 0.671. The minimum absolute atomic E-state index is 0.0115. The third-order valence-corrected chi connectivity index (χ3v) is 6.11. The molecule has 35 heavy (non-hydrogen) atoms. The van der Waals surface area contributed by atoms with Gasteiger partial charge in [0.25, 0.3) is 5.91 Å². The molecule has 0 aliphatic carbocycles. The molecule has 190 valence electrons. The average molecular weight is 485 g/mol. The van der Waals surface area contributed by atoms with E-state index in [2.05, 4.69) is 18.7 Å². The van der Waals surface area contributed by atoms with Crippen LogP contribution in [0.1, 0.15) is 62.7 Å². The number of hydrogen-bond acceptors (Lipinski definition) is 7. The number of ether oxygens (including phenoxy) is 2. The summed E-state index contributed by atoms with van der Waals surface area (Å²) in [5, 5.41) is 10.8. The summed E-state index contributed by atoms with van der Waals surface area (Å²) in [4.78, 5) is 30.3. The average Bonchev–Trinajstić information content (AvgIpc) is 3.49. The predicted octanol–water partition coefficient (Wildman–Crippen LogP) is 4.78. The van der Waals surface area contributed by atoms with Gasteiger partial charge in [-0.1, -0.05) is 26.8 Å². The Balaban J connectivity index is 2.00. The molecule has 0 fully saturated rings. The summed E-state index contributed by atoms with van der Waals surface area (Å²) in [7, 11) is 0. The van der Waals surface area contributed by atoms with E-state index >= 15 is 0 Å². The number of furan rings is 1. The Morgan fingerprint density at radius 1 is 1.11 bits per heavy atom. The Morgan fingerprint density at radius 3 is 2.51 bits per heavy atom. The van der Waals surface area contributed by atoms with Crippen LogP contribution < -0.4 is 9.47 Å². The van der Waals surface area contributed by atoms with Crippen LogP contribution >= 0.6 is 0 Å². The molecule has 8 nitrogen and oxygen atoms in total. The van der Waals surface area contributed by atoms with Crippen LogP contribution in [0.2, 0.25) is 0 Å². The Morgan fingerprint density at radius 2 is 1.89 bits per heavy atom. The monoisotopic (exact) mass is 484 g/mol. The van der Waals surface area contributed by atoms with Crippen molar-refractivity contribution in [2.24, 2.45) is 0 Å². The summed E-state index contributed by atoms with van der Waals surface area (Å²) in [6, 6.07) is 7.76. The van der Waals surface area contributed by atoms with Crippen molar-refractivity contribution in [3.63, 3.8) is 0 Å². The zero-order chi connectivity index (χ0) is 25.4. The van der Waals surface area contributed by atoms with E-state index < -0.39 is 23.5 Å². The molecular weight excluding hydrogens is 448 g/mol. The topological polar surface area (TPSA) is 92.5 Å². The molecule has 2 aromatic rings. The molecule has 0 bridgehead atoms. The molecule has 0 spiro atoms. The maximum Gasteiger partial charge on any atom is 0.290 e. The van der Waals surface area contributed by atoms with Gasteiger partial charge in [-0.05, 0) is 69.2 Å². The second-order valence-electron chi connectivity index (χ2n) is 8.34. The van der Waals surface area contributed by atoms with Crippen molar-refractivity contribution in [1.82, 2.24) is 9.80 Å². The van der Waals surface area contributed by atoms with Crippen LogP contribution in [0.5, 0.6) is 11.5 Å². The minimum Gasteiger partial charge on any atom is -0.503 e. The maximum absolute atomic E-state index is 13.3. The van der Waals surface area contributed by atoms with Gasteiger partial charge in [0.15, 0.2) is 23.0 Å². The highest BCUT2D eigenvalue weighted by molar-refractivity contribution is 6.15. The largest absolute Gasteiger partial charge is 0.503 e. The molecule has 1 amide bonds. The fourth-order valence-electron chi connectivity index (χ4n) is 4.30. The molecule has 2 heterocycles. The number of Topliss-reactive ketones (excluding diaryl/α,β-unsaturated/α-hetero) is 1. The van der Waals surface area contributed by atoms with E-state index in [9.17, 15) is 14.7 Å². The molecule has 1 unspecified atom stereocenters. The quantitative estimate of drug-likeness (QED) is 0.386. The Labute approximate surface area is 207 Å². The number of rotatable bonds is 14. The van der Waals surface area contributed by atoms with Crippen molar-refractivity contribution in [2.45, 2.75) is 46.6 Å². The molecular formula is C27H36N2O6. The molecule has 1 aromatic heterocycles. The smallest absolute Gasteiger partial charge is 0.290 e. The molecule has 1 aliphatic rings. The molecule has 1 aliphatic heterocycles. The summed E-state index contributed by atoms with van der Waals surface area (Å²) >= 11 is 0. The van der Waals surface area contributed by atoms with Crippen LogP contribution in [0, 0.1) is 0 Å². The van der Waals surface area contributed by atoms with Gasteiger partial charge in [-0.15, -0.1) is 0 Å². The van der Waals surface area contributed by atoms with E-state index in [4.69, 9.17) is 13.9 Å². The zero-order valence-corrected chi connectivity index (χ0v) is 21.1. The molecule has 0 saturated heterocycles. The highest BCUT2D eigenvalue weighted by Gasteiger charge is 2.44. The Kier molecular flexibility index (Phi) is 9.37. The zero-order valence-electron chi connectivity index (χ0n) is 21.1. The molecule has 1 aromatic carbocycles. The van der Waals surface area contributed by atoms with Crippen molar-refractivity contribution >= 4 is 11.7 Å². The van der Waals surface area contributed by atoms with Crippen molar-refractivity contribution in [3.8, 4) is 11.5 Å². The van der Waals surface area contributed by atoms with E-state index in [1.54, 1.807) is 23.1 Å². The third-order valence-electron chi connectivity index (χ3n) is 6.11. The van der Waals surface area contributed by atoms with Crippen LogP contribution in [0.3, 0.4) is 0 Å². The number of benzene rings is 1. The summed E-state index contributed by atoms with van der Waals surface area (Å²) < 4.78 is 16.9. The van der Waals surface area contributed by atoms with Crippen molar-refractivity contribution in [1.29, 1.82) is 0 Å². The van der Waals surface area contributed by atoms with E-state index in [0.29, 0.717) is 43.2 Å². The Hall–Kier alpha value is -3.26. The van der Waals surface area contributed by atoms with Gasteiger partial charge < -0.3 is 28.8 Å². The number of aliphatic hydroxyl groups excluding tert-OH is 1. The predicted molar refractivity (Wildman–Crippen MR) is 133 cm³/mol. The summed E-state index contributed by atoms with van der Waals surface area (Å²) in [5.74, 6) is -0.409. The summed E-state index contributed by atoms with van der Waals surface area (Å²) in [6.45, 7) is 12.1. The van der Waals surface area contributed by atoms with Gasteiger partial charge in [0.05, 0.1) is 31.1 Å². The number of amides is 1. The van der Waals surface area contributed by atoms with Crippen LogP contribution in [0.4, 0.5) is 0 Å². The number of nitrogens with zero attached hydrogens (tertiary/aromatic N) is 2. The second-order valence-corrected chi connectivity index (χ2v) is 8.34. The second kappa shape index (κ2) is 12.4. The number of ketones is 1. The van der Waals surface area contributed by atoms with Gasteiger partial charge in [0.1, 0.15) is 0 Å². The maximum atomic E-state index is 13.3. The lowest BCUT2D eigenvalue weighted by molar-refractivity contribution is -0.129. The van der Waals surface area contributed by atoms with Crippen LogP contribution in [-0.4, -0.2) is 66.0 Å². The van der Waals surface area contributed by atoms with Crippen molar-refractivity contribution < 1.29 is 28.6 Å². The van der Waals surface area contributed by atoms with Gasteiger partial charge in [0, 0.05) is 6.54 Å². The molecule has 0 radical (unpaired) electrons. The normalized spacial score (nSPS) is 15.9. The molecule has 0 saturated carbocycles. The highest BCUT2D eigenvalue weighted by Crippen LogP contribution is 2.42. The summed E-state index contributed by atoms with van der Waals surface area (Å²) in [6.07, 6.45) is 2.95. The number of aliphatic hydroxyl groups is 1. The van der Waals surface area contributed by atoms with Crippen LogP contribution in [0.15, 0.2) is 52.3 Å². The first-order valence-electron chi connectivity index (χ1n) is 12.4. The van der Waals surface area contributed by atoms with Gasteiger partial charge in [-0.2, -0.15) is 0 Å². The number of carbonyl (C=O) groups excluding carboxylic acids is 2. The van der Waals surface area contributed by atoms with Gasteiger partial charge in [-0.25, -0.2) is 0 Å². The molecule has 1 atom stereocenters. The molecule has 1 N–H and O–H groups in total.